The summed E-state index contributed by atoms with van der Waals surface area (Å²) in [5.74, 6) is -0.240. The van der Waals surface area contributed by atoms with Crippen molar-refractivity contribution in [3.8, 4) is 0 Å². The van der Waals surface area contributed by atoms with Crippen molar-refractivity contribution >= 4 is 23.4 Å². The monoisotopic (exact) mass is 438 g/mol. The molecule has 178 valence electrons. The van der Waals surface area contributed by atoms with Crippen LogP contribution in [0.15, 0.2) is 0 Å². The third-order valence-electron chi connectivity index (χ3n) is 5.57. The molecule has 1 heterocycles. The summed E-state index contributed by atoms with van der Waals surface area (Å²) in [5.41, 5.74) is -0.542. The number of ether oxygens (including phenoxy) is 1. The van der Waals surface area contributed by atoms with Gasteiger partial charge in [-0.2, -0.15) is 0 Å². The summed E-state index contributed by atoms with van der Waals surface area (Å²) in [6.45, 7) is 11.5. The number of amides is 1. The summed E-state index contributed by atoms with van der Waals surface area (Å²) in [6.07, 6.45) is 5.15. The highest BCUT2D eigenvalue weighted by molar-refractivity contribution is 5.85. The van der Waals surface area contributed by atoms with Crippen LogP contribution in [0, 0.1) is 5.92 Å². The first-order chi connectivity index (χ1) is 14.5. The predicted molar refractivity (Wildman–Crippen MR) is 121 cm³/mol. The molecule has 0 unspecified atom stereocenters. The topological polar surface area (TPSA) is 84.0 Å². The number of rotatable bonds is 6. The molecule has 1 aliphatic rings. The van der Waals surface area contributed by atoms with E-state index < -0.39 is 5.60 Å². The van der Waals surface area contributed by atoms with Crippen molar-refractivity contribution in [1.29, 1.82) is 0 Å². The molecule has 0 aliphatic carbocycles. The first kappa shape index (κ1) is 27.3. The van der Waals surface area contributed by atoms with Crippen LogP contribution in [-0.4, -0.2) is 71.6 Å². The minimum Gasteiger partial charge on any atom is -0.460 e. The molecule has 7 heteroatoms. The summed E-state index contributed by atoms with van der Waals surface area (Å²) in [4.78, 5) is 53.0. The van der Waals surface area contributed by atoms with Crippen molar-refractivity contribution in [2.24, 2.45) is 5.92 Å². The van der Waals surface area contributed by atoms with Crippen LogP contribution >= 0.6 is 0 Å². The van der Waals surface area contributed by atoms with Crippen LogP contribution in [-0.2, 0) is 23.9 Å². The van der Waals surface area contributed by atoms with E-state index in [1.165, 1.54) is 0 Å². The van der Waals surface area contributed by atoms with Crippen LogP contribution < -0.4 is 0 Å². The molecule has 1 fully saturated rings. The first-order valence-corrected chi connectivity index (χ1v) is 11.8. The Bertz CT molecular complexity index is 612. The number of Topliss-reactive ketones (excluding diaryl/α,β-unsaturated/α-hetero) is 2. The number of esters is 1. The third kappa shape index (κ3) is 12.0. The fraction of sp³-hybridized carbons (Fsp3) is 0.833. The van der Waals surface area contributed by atoms with E-state index in [1.807, 2.05) is 37.5 Å². The first-order valence-electron chi connectivity index (χ1n) is 11.8. The second-order valence-corrected chi connectivity index (χ2v) is 9.60. The molecule has 7 nitrogen and oxygen atoms in total. The van der Waals surface area contributed by atoms with Gasteiger partial charge in [0.2, 0.25) is 5.91 Å². The van der Waals surface area contributed by atoms with Gasteiger partial charge in [0.1, 0.15) is 17.2 Å². The Hall–Kier alpha value is -1.76. The maximum atomic E-state index is 13.1. The molecule has 0 radical (unpaired) electrons. The number of carbonyl (C=O) groups excluding carboxylic acids is 4. The summed E-state index contributed by atoms with van der Waals surface area (Å²) in [5, 5.41) is 0. The van der Waals surface area contributed by atoms with Gasteiger partial charge in [0.05, 0.1) is 13.1 Å². The Balaban J connectivity index is 2.85. The molecule has 0 bridgehead atoms. The largest absolute Gasteiger partial charge is 0.460 e. The van der Waals surface area contributed by atoms with Gasteiger partial charge >= 0.3 is 5.97 Å². The molecule has 1 rings (SSSR count). The van der Waals surface area contributed by atoms with Crippen molar-refractivity contribution in [2.45, 2.75) is 91.6 Å². The molecule has 0 aromatic heterocycles. The molecule has 0 N–H and O–H groups in total. The average Bonchev–Trinajstić information content (AvgIpc) is 2.67. The SMILES string of the molecule is CCC(=O)CN1CCCCN(C(C)=O)CCCC[C@H](CCC(=O)OC(C)(C)C)C(=O)C1. The van der Waals surface area contributed by atoms with Crippen LogP contribution in [0.25, 0.3) is 0 Å². The molecular weight excluding hydrogens is 396 g/mol. The Morgan fingerprint density at radius 1 is 1.03 bits per heavy atom. The summed E-state index contributed by atoms with van der Waals surface area (Å²) < 4.78 is 5.40. The van der Waals surface area contributed by atoms with E-state index in [4.69, 9.17) is 4.74 Å². The highest BCUT2D eigenvalue weighted by atomic mass is 16.6. The summed E-state index contributed by atoms with van der Waals surface area (Å²) in [7, 11) is 0. The lowest BCUT2D eigenvalue weighted by Crippen LogP contribution is -2.38. The van der Waals surface area contributed by atoms with Crippen molar-refractivity contribution in [1.82, 2.24) is 9.80 Å². The van der Waals surface area contributed by atoms with Crippen LogP contribution in [0.3, 0.4) is 0 Å². The van der Waals surface area contributed by atoms with E-state index in [9.17, 15) is 19.2 Å². The van der Waals surface area contributed by atoms with E-state index in [1.54, 1.807) is 6.92 Å². The Labute approximate surface area is 187 Å². The fourth-order valence-corrected chi connectivity index (χ4v) is 3.83. The van der Waals surface area contributed by atoms with Gasteiger partial charge in [-0.05, 0) is 59.4 Å². The molecule has 1 amide bonds. The molecule has 31 heavy (non-hydrogen) atoms. The number of nitrogens with zero attached hydrogens (tertiary/aromatic N) is 2. The fourth-order valence-electron chi connectivity index (χ4n) is 3.83. The molecule has 1 atom stereocenters. The zero-order chi connectivity index (χ0) is 23.4. The van der Waals surface area contributed by atoms with Gasteiger partial charge in [0.15, 0.2) is 0 Å². The van der Waals surface area contributed by atoms with Gasteiger partial charge < -0.3 is 9.64 Å². The van der Waals surface area contributed by atoms with Crippen LogP contribution in [0.2, 0.25) is 0 Å². The second kappa shape index (κ2) is 13.6. The Morgan fingerprint density at radius 2 is 1.65 bits per heavy atom. The number of carbonyl (C=O) groups is 4. The van der Waals surface area contributed by atoms with Gasteiger partial charge in [-0.1, -0.05) is 13.3 Å². The highest BCUT2D eigenvalue weighted by Gasteiger charge is 2.25. The molecule has 0 aromatic rings. The van der Waals surface area contributed by atoms with Crippen molar-refractivity contribution in [3.05, 3.63) is 0 Å². The quantitative estimate of drug-likeness (QED) is 0.591. The molecule has 1 saturated heterocycles. The van der Waals surface area contributed by atoms with Gasteiger partial charge in [-0.25, -0.2) is 0 Å². The number of hydrogen-bond donors (Lipinski definition) is 0. The van der Waals surface area contributed by atoms with E-state index in [0.717, 1.165) is 25.7 Å². The van der Waals surface area contributed by atoms with Crippen molar-refractivity contribution < 1.29 is 23.9 Å². The predicted octanol–water partition coefficient (Wildman–Crippen LogP) is 3.39. The molecule has 1 aliphatic heterocycles. The maximum absolute atomic E-state index is 13.1. The minimum absolute atomic E-state index is 0.0745. The zero-order valence-corrected chi connectivity index (χ0v) is 20.2. The highest BCUT2D eigenvalue weighted by Crippen LogP contribution is 2.20. The second-order valence-electron chi connectivity index (χ2n) is 9.60. The third-order valence-corrected chi connectivity index (χ3v) is 5.57. The average molecular weight is 439 g/mol. The molecular formula is C24H42N2O5. The minimum atomic E-state index is -0.542. The van der Waals surface area contributed by atoms with Gasteiger partial charge in [0, 0.05) is 38.8 Å². The number of hydrogen-bond acceptors (Lipinski definition) is 6. The van der Waals surface area contributed by atoms with Gasteiger partial charge in [-0.15, -0.1) is 0 Å². The smallest absolute Gasteiger partial charge is 0.306 e. The summed E-state index contributed by atoms with van der Waals surface area (Å²) >= 11 is 0. The van der Waals surface area contributed by atoms with E-state index in [0.29, 0.717) is 38.9 Å². The van der Waals surface area contributed by atoms with E-state index >= 15 is 0 Å². The normalized spacial score (nSPS) is 20.4. The van der Waals surface area contributed by atoms with Crippen LogP contribution in [0.4, 0.5) is 0 Å². The Kier molecular flexibility index (Phi) is 12.0. The molecule has 0 saturated carbocycles. The lowest BCUT2D eigenvalue weighted by atomic mass is 9.91. The Morgan fingerprint density at radius 3 is 2.23 bits per heavy atom. The van der Waals surface area contributed by atoms with Crippen molar-refractivity contribution in [3.63, 3.8) is 0 Å². The maximum Gasteiger partial charge on any atom is 0.306 e. The van der Waals surface area contributed by atoms with Crippen molar-refractivity contribution in [2.75, 3.05) is 32.7 Å². The van der Waals surface area contributed by atoms with Gasteiger partial charge in [-0.3, -0.25) is 24.1 Å². The van der Waals surface area contributed by atoms with E-state index in [-0.39, 0.29) is 48.9 Å². The lowest BCUT2D eigenvalue weighted by molar-refractivity contribution is -0.155. The lowest BCUT2D eigenvalue weighted by Gasteiger charge is -2.24. The molecule has 0 aromatic carbocycles. The van der Waals surface area contributed by atoms with Crippen LogP contribution in [0.5, 0.6) is 0 Å². The van der Waals surface area contributed by atoms with E-state index in [2.05, 4.69) is 0 Å². The standard InChI is InChI=1S/C24H42N2O5/c1-6-21(28)17-25-14-9-10-16-26(19(2)27)15-8-7-11-20(22(29)18-25)12-13-23(30)31-24(3,4)5/h20H,6-18H2,1-5H3/t20-/m1/s1. The zero-order valence-electron chi connectivity index (χ0n) is 20.2. The van der Waals surface area contributed by atoms with Gasteiger partial charge in [0.25, 0.3) is 0 Å². The number of ketones is 2. The van der Waals surface area contributed by atoms with Crippen LogP contribution in [0.1, 0.15) is 86.0 Å². The summed E-state index contributed by atoms with van der Waals surface area (Å²) in [6, 6.07) is 0. The molecule has 0 spiro atoms.